The van der Waals surface area contributed by atoms with Crippen molar-refractivity contribution in [1.29, 1.82) is 0 Å². The van der Waals surface area contributed by atoms with Crippen LogP contribution in [0.5, 0.6) is 0 Å². The van der Waals surface area contributed by atoms with Crippen LogP contribution in [0.25, 0.3) is 0 Å². The Morgan fingerprint density at radius 3 is 2.68 bits per heavy atom. The van der Waals surface area contributed by atoms with Crippen LogP contribution in [0, 0.1) is 6.92 Å². The maximum absolute atomic E-state index is 6.16. The zero-order chi connectivity index (χ0) is 13.8. The lowest BCUT2D eigenvalue weighted by molar-refractivity contribution is 0.282. The Morgan fingerprint density at radius 1 is 1.26 bits per heavy atom. The molecule has 2 rings (SSSR count). The number of anilines is 1. The van der Waals surface area contributed by atoms with E-state index >= 15 is 0 Å². The van der Waals surface area contributed by atoms with Crippen molar-refractivity contribution in [2.45, 2.75) is 20.0 Å². The number of hydrogen-bond acceptors (Lipinski definition) is 4. The second-order valence-corrected chi connectivity index (χ2v) is 4.97. The lowest BCUT2D eigenvalue weighted by atomic mass is 10.3. The monoisotopic (exact) mass is 279 g/mol. The fourth-order valence-electron chi connectivity index (χ4n) is 1.88. The van der Waals surface area contributed by atoms with Crippen LogP contribution in [0.15, 0.2) is 28.7 Å². The van der Waals surface area contributed by atoms with E-state index in [4.69, 9.17) is 16.0 Å². The SMILES string of the molecule is CNc1ccc(Cl)c(CN(C)Cc2ccc(C)o2)n1. The highest BCUT2D eigenvalue weighted by Crippen LogP contribution is 2.19. The molecule has 0 aromatic carbocycles. The Bertz CT molecular complexity index is 553. The van der Waals surface area contributed by atoms with Crippen LogP contribution < -0.4 is 5.32 Å². The lowest BCUT2D eigenvalue weighted by Gasteiger charge is -2.16. The van der Waals surface area contributed by atoms with Gasteiger partial charge in [-0.1, -0.05) is 11.6 Å². The third kappa shape index (κ3) is 3.72. The van der Waals surface area contributed by atoms with E-state index < -0.39 is 0 Å². The number of aryl methyl sites for hydroxylation is 1. The van der Waals surface area contributed by atoms with Crippen molar-refractivity contribution >= 4 is 17.4 Å². The maximum Gasteiger partial charge on any atom is 0.126 e. The minimum Gasteiger partial charge on any atom is -0.465 e. The average molecular weight is 280 g/mol. The third-order valence-electron chi connectivity index (χ3n) is 2.82. The minimum atomic E-state index is 0.675. The molecule has 0 radical (unpaired) electrons. The Kier molecular flexibility index (Phi) is 4.45. The van der Waals surface area contributed by atoms with E-state index in [0.29, 0.717) is 11.6 Å². The van der Waals surface area contributed by atoms with Gasteiger partial charge in [-0.15, -0.1) is 0 Å². The van der Waals surface area contributed by atoms with Gasteiger partial charge in [0.2, 0.25) is 0 Å². The summed E-state index contributed by atoms with van der Waals surface area (Å²) in [5.74, 6) is 2.69. The van der Waals surface area contributed by atoms with Gasteiger partial charge in [0, 0.05) is 13.6 Å². The summed E-state index contributed by atoms with van der Waals surface area (Å²) >= 11 is 6.16. The number of furan rings is 1. The van der Waals surface area contributed by atoms with Gasteiger partial charge in [0.25, 0.3) is 0 Å². The number of nitrogens with zero attached hydrogens (tertiary/aromatic N) is 2. The van der Waals surface area contributed by atoms with E-state index in [1.165, 1.54) is 0 Å². The molecule has 2 aromatic rings. The Balaban J connectivity index is 2.03. The number of halogens is 1. The normalized spacial score (nSPS) is 11.0. The van der Waals surface area contributed by atoms with Crippen LogP contribution in [0.4, 0.5) is 5.82 Å². The van der Waals surface area contributed by atoms with Gasteiger partial charge in [0.15, 0.2) is 0 Å². The molecular formula is C14H18ClN3O. The molecule has 0 atom stereocenters. The molecular weight excluding hydrogens is 262 g/mol. The summed E-state index contributed by atoms with van der Waals surface area (Å²) < 4.78 is 5.56. The molecule has 0 spiro atoms. The highest BCUT2D eigenvalue weighted by molar-refractivity contribution is 6.31. The van der Waals surface area contributed by atoms with E-state index in [2.05, 4.69) is 15.2 Å². The van der Waals surface area contributed by atoms with Crippen LogP contribution in [0.1, 0.15) is 17.2 Å². The number of hydrogen-bond donors (Lipinski definition) is 1. The molecule has 19 heavy (non-hydrogen) atoms. The minimum absolute atomic E-state index is 0.675. The number of rotatable bonds is 5. The summed E-state index contributed by atoms with van der Waals surface area (Å²) in [6, 6.07) is 7.68. The second kappa shape index (κ2) is 6.08. The van der Waals surface area contributed by atoms with Crippen LogP contribution in [0.2, 0.25) is 5.02 Å². The van der Waals surface area contributed by atoms with E-state index in [9.17, 15) is 0 Å². The molecule has 4 nitrogen and oxygen atoms in total. The molecule has 0 unspecified atom stereocenters. The molecule has 0 aliphatic carbocycles. The van der Waals surface area contributed by atoms with E-state index in [1.54, 1.807) is 0 Å². The van der Waals surface area contributed by atoms with Crippen molar-refractivity contribution in [3.63, 3.8) is 0 Å². The van der Waals surface area contributed by atoms with Gasteiger partial charge < -0.3 is 9.73 Å². The molecule has 102 valence electrons. The number of nitrogens with one attached hydrogen (secondary N) is 1. The summed E-state index contributed by atoms with van der Waals surface area (Å²) in [5.41, 5.74) is 0.860. The zero-order valence-corrected chi connectivity index (χ0v) is 12.2. The third-order valence-corrected chi connectivity index (χ3v) is 3.16. The van der Waals surface area contributed by atoms with Crippen molar-refractivity contribution in [1.82, 2.24) is 9.88 Å². The molecule has 5 heteroatoms. The highest BCUT2D eigenvalue weighted by atomic mass is 35.5. The first-order valence-corrected chi connectivity index (χ1v) is 6.53. The summed E-state index contributed by atoms with van der Waals surface area (Å²) in [5, 5.41) is 3.70. The van der Waals surface area contributed by atoms with Crippen molar-refractivity contribution in [3.8, 4) is 0 Å². The fourth-order valence-corrected chi connectivity index (χ4v) is 2.05. The molecule has 2 aromatic heterocycles. The standard InChI is InChI=1S/C14H18ClN3O/c1-10-4-5-11(19-10)8-18(3)9-13-12(15)6-7-14(16-2)17-13/h4-7H,8-9H2,1-3H3,(H,16,17). The van der Waals surface area contributed by atoms with Crippen molar-refractivity contribution < 1.29 is 4.42 Å². The van der Waals surface area contributed by atoms with E-state index in [1.807, 2.05) is 45.3 Å². The molecule has 2 heterocycles. The van der Waals surface area contributed by atoms with Gasteiger partial charge in [0.1, 0.15) is 17.3 Å². The summed E-state index contributed by atoms with van der Waals surface area (Å²) in [4.78, 5) is 6.58. The Labute approximate surface area is 118 Å². The second-order valence-electron chi connectivity index (χ2n) is 4.56. The quantitative estimate of drug-likeness (QED) is 0.912. The topological polar surface area (TPSA) is 41.3 Å². The summed E-state index contributed by atoms with van der Waals surface area (Å²) in [6.07, 6.45) is 0. The van der Waals surface area contributed by atoms with Crippen LogP contribution in [0.3, 0.4) is 0 Å². The highest BCUT2D eigenvalue weighted by Gasteiger charge is 2.09. The van der Waals surface area contributed by atoms with Gasteiger partial charge in [-0.3, -0.25) is 4.90 Å². The molecule has 0 bridgehead atoms. The molecule has 0 fully saturated rings. The first-order chi connectivity index (χ1) is 9.08. The Morgan fingerprint density at radius 2 is 2.05 bits per heavy atom. The van der Waals surface area contributed by atoms with Crippen LogP contribution >= 0.6 is 11.6 Å². The predicted molar refractivity (Wildman–Crippen MR) is 77.4 cm³/mol. The maximum atomic E-state index is 6.16. The first kappa shape index (κ1) is 13.9. The summed E-state index contributed by atoms with van der Waals surface area (Å²) in [6.45, 7) is 3.35. The van der Waals surface area contributed by atoms with Gasteiger partial charge in [-0.05, 0) is 38.2 Å². The number of aromatic nitrogens is 1. The van der Waals surface area contributed by atoms with Gasteiger partial charge in [0.05, 0.1) is 17.3 Å². The fraction of sp³-hybridized carbons (Fsp3) is 0.357. The van der Waals surface area contributed by atoms with Crippen molar-refractivity contribution in [2.75, 3.05) is 19.4 Å². The lowest BCUT2D eigenvalue weighted by Crippen LogP contribution is -2.18. The smallest absolute Gasteiger partial charge is 0.126 e. The molecule has 0 aliphatic rings. The Hall–Kier alpha value is -1.52. The van der Waals surface area contributed by atoms with E-state index in [-0.39, 0.29) is 0 Å². The molecule has 0 aliphatic heterocycles. The molecule has 0 saturated heterocycles. The van der Waals surface area contributed by atoms with Gasteiger partial charge >= 0.3 is 0 Å². The molecule has 0 amide bonds. The predicted octanol–water partition coefficient (Wildman–Crippen LogP) is 3.31. The largest absolute Gasteiger partial charge is 0.465 e. The van der Waals surface area contributed by atoms with Crippen LogP contribution in [-0.4, -0.2) is 24.0 Å². The number of pyridine rings is 1. The first-order valence-electron chi connectivity index (χ1n) is 6.15. The average Bonchev–Trinajstić information content (AvgIpc) is 2.77. The van der Waals surface area contributed by atoms with Gasteiger partial charge in [-0.2, -0.15) is 0 Å². The molecule has 1 N–H and O–H groups in total. The molecule has 0 saturated carbocycles. The van der Waals surface area contributed by atoms with E-state index in [0.717, 1.165) is 29.6 Å². The van der Waals surface area contributed by atoms with Crippen molar-refractivity contribution in [3.05, 3.63) is 46.5 Å². The van der Waals surface area contributed by atoms with Crippen LogP contribution in [-0.2, 0) is 13.1 Å². The summed E-state index contributed by atoms with van der Waals surface area (Å²) in [7, 11) is 3.86. The zero-order valence-electron chi connectivity index (χ0n) is 11.4. The van der Waals surface area contributed by atoms with Crippen molar-refractivity contribution in [2.24, 2.45) is 0 Å². The van der Waals surface area contributed by atoms with Gasteiger partial charge in [-0.25, -0.2) is 4.98 Å².